The first-order valence-electron chi connectivity index (χ1n) is 4.80. The lowest BCUT2D eigenvalue weighted by molar-refractivity contribution is 0.413. The van der Waals surface area contributed by atoms with Crippen molar-refractivity contribution in [2.24, 2.45) is 0 Å². The van der Waals surface area contributed by atoms with Crippen LogP contribution in [-0.4, -0.2) is 45.1 Å². The Balaban J connectivity index is 2.81. The lowest BCUT2D eigenvalue weighted by atomic mass is 10.4. The molecule has 0 aromatic rings. The molecule has 0 unspecified atom stereocenters. The Bertz CT molecular complexity index is 485. The van der Waals surface area contributed by atoms with Crippen LogP contribution in [0.2, 0.25) is 0 Å². The second-order valence-corrected chi connectivity index (χ2v) is 8.33. The van der Waals surface area contributed by atoms with E-state index in [2.05, 4.69) is 0 Å². The zero-order valence-electron chi connectivity index (χ0n) is 8.96. The molecule has 92 valence electrons. The molecule has 0 N–H and O–H groups in total. The van der Waals surface area contributed by atoms with Crippen molar-refractivity contribution in [3.05, 3.63) is 0 Å². The summed E-state index contributed by atoms with van der Waals surface area (Å²) >= 11 is 0. The molecule has 0 aromatic heterocycles. The van der Waals surface area contributed by atoms with Gasteiger partial charge in [-0.2, -0.15) is 9.57 Å². The van der Waals surface area contributed by atoms with Crippen molar-refractivity contribution in [3.63, 3.8) is 0 Å². The highest BCUT2D eigenvalue weighted by Crippen LogP contribution is 2.29. The molecule has 0 aliphatic heterocycles. The van der Waals surface area contributed by atoms with E-state index >= 15 is 0 Å². The van der Waals surface area contributed by atoms with Crippen LogP contribution in [0, 0.1) is 11.3 Å². The average Bonchev–Trinajstić information content (AvgIpc) is 2.83. The van der Waals surface area contributed by atoms with Crippen molar-refractivity contribution in [1.29, 1.82) is 5.26 Å². The van der Waals surface area contributed by atoms with Gasteiger partial charge in [0.2, 0.25) is 10.0 Å². The highest BCUT2D eigenvalue weighted by atomic mass is 32.3. The molecule has 0 bridgehead atoms. The molecule has 0 atom stereocenters. The normalized spacial score (nSPS) is 17.3. The predicted octanol–water partition coefficient (Wildman–Crippen LogP) is -0.304. The fourth-order valence-corrected chi connectivity index (χ4v) is 5.15. The highest BCUT2D eigenvalue weighted by Gasteiger charge is 2.38. The number of hydrogen-bond acceptors (Lipinski definition) is 5. The molecular formula is C8H14N2O4S2. The Morgan fingerprint density at radius 2 is 1.88 bits per heavy atom. The van der Waals surface area contributed by atoms with E-state index in [9.17, 15) is 16.8 Å². The molecule has 16 heavy (non-hydrogen) atoms. The van der Waals surface area contributed by atoms with Gasteiger partial charge in [-0.05, 0) is 12.8 Å². The van der Waals surface area contributed by atoms with E-state index < -0.39 is 24.9 Å². The molecule has 0 saturated heterocycles. The summed E-state index contributed by atoms with van der Waals surface area (Å²) in [6.07, 6.45) is 2.46. The van der Waals surface area contributed by atoms with Gasteiger partial charge >= 0.3 is 0 Å². The van der Waals surface area contributed by atoms with Crippen molar-refractivity contribution >= 4 is 19.9 Å². The maximum atomic E-state index is 11.8. The molecule has 1 saturated carbocycles. The summed E-state index contributed by atoms with van der Waals surface area (Å²) < 4.78 is 46.7. The minimum absolute atomic E-state index is 0.0824. The van der Waals surface area contributed by atoms with E-state index in [1.54, 1.807) is 0 Å². The Morgan fingerprint density at radius 3 is 2.25 bits per heavy atom. The first-order chi connectivity index (χ1) is 7.26. The zero-order valence-corrected chi connectivity index (χ0v) is 10.6. The van der Waals surface area contributed by atoms with Crippen molar-refractivity contribution in [1.82, 2.24) is 4.31 Å². The topological polar surface area (TPSA) is 95.3 Å². The summed E-state index contributed by atoms with van der Waals surface area (Å²) in [5.41, 5.74) is 0. The van der Waals surface area contributed by atoms with Crippen molar-refractivity contribution < 1.29 is 16.8 Å². The Kier molecular flexibility index (Phi) is 3.93. The van der Waals surface area contributed by atoms with Gasteiger partial charge in [0, 0.05) is 25.3 Å². The number of nitrogens with zero attached hydrogens (tertiary/aromatic N) is 2. The Hall–Kier alpha value is -0.650. The van der Waals surface area contributed by atoms with E-state index in [0.29, 0.717) is 0 Å². The molecule has 1 aliphatic carbocycles. The number of sulfone groups is 1. The van der Waals surface area contributed by atoms with Crippen molar-refractivity contribution in [3.8, 4) is 6.07 Å². The van der Waals surface area contributed by atoms with Gasteiger partial charge in [-0.15, -0.1) is 0 Å². The third kappa shape index (κ3) is 4.08. The van der Waals surface area contributed by atoms with Crippen LogP contribution < -0.4 is 0 Å². The zero-order chi connectivity index (χ0) is 12.4. The predicted molar refractivity (Wildman–Crippen MR) is 58.6 cm³/mol. The SMILES string of the molecule is CS(=O)(=O)CS(=O)(=O)N(CCC#N)C1CC1. The molecule has 0 amide bonds. The van der Waals surface area contributed by atoms with Gasteiger partial charge < -0.3 is 0 Å². The first-order valence-corrected chi connectivity index (χ1v) is 8.47. The summed E-state index contributed by atoms with van der Waals surface area (Å²) in [6, 6.07) is 1.75. The van der Waals surface area contributed by atoms with Gasteiger partial charge in [0.1, 0.15) is 0 Å². The van der Waals surface area contributed by atoms with Crippen LogP contribution in [0.15, 0.2) is 0 Å². The molecule has 6 nitrogen and oxygen atoms in total. The van der Waals surface area contributed by atoms with Crippen LogP contribution in [-0.2, 0) is 19.9 Å². The summed E-state index contributed by atoms with van der Waals surface area (Å²) in [4.78, 5) is 0. The van der Waals surface area contributed by atoms with E-state index in [-0.39, 0.29) is 19.0 Å². The molecule has 8 heteroatoms. The number of sulfonamides is 1. The molecule has 0 heterocycles. The fourth-order valence-electron chi connectivity index (χ4n) is 1.41. The molecule has 1 aliphatic rings. The minimum Gasteiger partial charge on any atom is -0.228 e. The maximum Gasteiger partial charge on any atom is 0.228 e. The Morgan fingerprint density at radius 1 is 1.31 bits per heavy atom. The number of hydrogen-bond donors (Lipinski definition) is 0. The molecule has 1 fully saturated rings. The summed E-state index contributed by atoms with van der Waals surface area (Å²) in [7, 11) is -7.36. The fraction of sp³-hybridized carbons (Fsp3) is 0.875. The van der Waals surface area contributed by atoms with Crippen LogP contribution in [0.1, 0.15) is 19.3 Å². The largest absolute Gasteiger partial charge is 0.228 e. The van der Waals surface area contributed by atoms with E-state index in [1.165, 1.54) is 0 Å². The smallest absolute Gasteiger partial charge is 0.228 e. The van der Waals surface area contributed by atoms with Gasteiger partial charge in [0.15, 0.2) is 14.9 Å². The van der Waals surface area contributed by atoms with E-state index in [0.717, 1.165) is 23.4 Å². The average molecular weight is 266 g/mol. The number of nitriles is 1. The van der Waals surface area contributed by atoms with E-state index in [1.807, 2.05) is 6.07 Å². The minimum atomic E-state index is -3.79. The van der Waals surface area contributed by atoms with Gasteiger partial charge in [-0.3, -0.25) is 0 Å². The summed E-state index contributed by atoms with van der Waals surface area (Å²) in [6.45, 7) is 0.0824. The van der Waals surface area contributed by atoms with Crippen LogP contribution in [0.4, 0.5) is 0 Å². The maximum absolute atomic E-state index is 11.8. The highest BCUT2D eigenvalue weighted by molar-refractivity contribution is 8.06. The first kappa shape index (κ1) is 13.4. The third-order valence-electron chi connectivity index (χ3n) is 2.12. The van der Waals surface area contributed by atoms with Gasteiger partial charge in [-0.1, -0.05) is 0 Å². The molecular weight excluding hydrogens is 252 g/mol. The van der Waals surface area contributed by atoms with Crippen LogP contribution in [0.5, 0.6) is 0 Å². The van der Waals surface area contributed by atoms with Crippen LogP contribution in [0.25, 0.3) is 0 Å². The monoisotopic (exact) mass is 266 g/mol. The van der Waals surface area contributed by atoms with Gasteiger partial charge in [0.25, 0.3) is 0 Å². The standard InChI is InChI=1S/C8H14N2O4S2/c1-15(11,12)7-16(13,14)10(6-2-5-9)8-3-4-8/h8H,2-4,6-7H2,1H3. The second-order valence-electron chi connectivity index (χ2n) is 3.91. The van der Waals surface area contributed by atoms with E-state index in [4.69, 9.17) is 5.26 Å². The van der Waals surface area contributed by atoms with Gasteiger partial charge in [-0.25, -0.2) is 16.8 Å². The Labute approximate surface area is 95.8 Å². The van der Waals surface area contributed by atoms with Crippen molar-refractivity contribution in [2.45, 2.75) is 25.3 Å². The lowest BCUT2D eigenvalue weighted by Gasteiger charge is -2.19. The summed E-state index contributed by atoms with van der Waals surface area (Å²) in [5, 5.41) is 7.55. The molecule has 0 spiro atoms. The second kappa shape index (κ2) is 4.69. The van der Waals surface area contributed by atoms with Crippen LogP contribution >= 0.6 is 0 Å². The molecule has 1 rings (SSSR count). The third-order valence-corrected chi connectivity index (χ3v) is 6.22. The quantitative estimate of drug-likeness (QED) is 0.657. The number of rotatable bonds is 6. The summed E-state index contributed by atoms with van der Waals surface area (Å²) in [5.74, 6) is 0. The molecule has 0 radical (unpaired) electrons. The van der Waals surface area contributed by atoms with Crippen LogP contribution in [0.3, 0.4) is 0 Å². The lowest BCUT2D eigenvalue weighted by Crippen LogP contribution is -2.37. The van der Waals surface area contributed by atoms with Crippen molar-refractivity contribution in [2.75, 3.05) is 17.9 Å². The molecule has 0 aromatic carbocycles. The van der Waals surface area contributed by atoms with Gasteiger partial charge in [0.05, 0.1) is 6.07 Å².